The number of halogens is 2. The standard InChI is InChI=1S/C28H34Br2O2S3/c1-5-9-11-15(7-3)13-17-19-20(18(33-17)14-16(8-4)12-10-6-2)24(32)25-21(23(19)31)22-26(34-25)28(30)35-27(22)29/h15-16H,5-14H2,1-4H3. The van der Waals surface area contributed by atoms with Crippen LogP contribution in [-0.4, -0.2) is 11.6 Å². The molecule has 0 saturated carbocycles. The van der Waals surface area contributed by atoms with E-state index in [1.165, 1.54) is 49.9 Å². The maximum atomic E-state index is 14.2. The summed E-state index contributed by atoms with van der Waals surface area (Å²) in [5, 5.41) is 0.914. The van der Waals surface area contributed by atoms with Crippen LogP contribution in [0, 0.1) is 11.8 Å². The highest BCUT2D eigenvalue weighted by Crippen LogP contribution is 2.51. The van der Waals surface area contributed by atoms with Crippen molar-refractivity contribution in [2.24, 2.45) is 11.8 Å². The molecule has 0 spiro atoms. The van der Waals surface area contributed by atoms with Gasteiger partial charge in [-0.2, -0.15) is 0 Å². The summed E-state index contributed by atoms with van der Waals surface area (Å²) in [5.74, 6) is 1.26. The molecule has 190 valence electrons. The third kappa shape index (κ3) is 5.32. The third-order valence-electron chi connectivity index (χ3n) is 7.44. The fourth-order valence-corrected chi connectivity index (χ4v) is 11.4. The average molecular weight is 659 g/mol. The molecule has 0 N–H and O–H groups in total. The Kier molecular flexibility index (Phi) is 9.51. The van der Waals surface area contributed by atoms with Crippen LogP contribution in [0.1, 0.15) is 120 Å². The van der Waals surface area contributed by atoms with Crippen molar-refractivity contribution in [2.75, 3.05) is 0 Å². The van der Waals surface area contributed by atoms with Crippen LogP contribution >= 0.6 is 65.9 Å². The second kappa shape index (κ2) is 12.0. The van der Waals surface area contributed by atoms with Crippen molar-refractivity contribution in [2.45, 2.75) is 91.9 Å². The van der Waals surface area contributed by atoms with E-state index >= 15 is 0 Å². The second-order valence-electron chi connectivity index (χ2n) is 9.76. The van der Waals surface area contributed by atoms with E-state index in [2.05, 4.69) is 59.6 Å². The van der Waals surface area contributed by atoms with Crippen molar-refractivity contribution in [1.29, 1.82) is 0 Å². The minimum atomic E-state index is 0.0660. The predicted molar refractivity (Wildman–Crippen MR) is 160 cm³/mol. The number of unbranched alkanes of at least 4 members (excludes halogenated alkanes) is 2. The molecule has 3 aromatic heterocycles. The van der Waals surface area contributed by atoms with Crippen LogP contribution < -0.4 is 0 Å². The summed E-state index contributed by atoms with van der Waals surface area (Å²) >= 11 is 12.1. The SMILES string of the molecule is CCCCC(CC)Cc1sc(CC(CC)CCCC)c2c1C(=O)c1sc3c(Br)sc(Br)c3c1C2=O. The fraction of sp³-hybridized carbons (Fsp3) is 0.571. The van der Waals surface area contributed by atoms with Gasteiger partial charge in [-0.15, -0.1) is 34.0 Å². The van der Waals surface area contributed by atoms with E-state index in [0.29, 0.717) is 22.3 Å². The number of hydrogen-bond donors (Lipinski definition) is 0. The average Bonchev–Trinajstić information content (AvgIpc) is 3.50. The van der Waals surface area contributed by atoms with Gasteiger partial charge in [0.05, 0.1) is 22.7 Å². The minimum Gasteiger partial charge on any atom is -0.288 e. The number of carbonyl (C=O) groups is 2. The van der Waals surface area contributed by atoms with Crippen LogP contribution in [0.5, 0.6) is 0 Å². The van der Waals surface area contributed by atoms with Gasteiger partial charge in [0.25, 0.3) is 0 Å². The van der Waals surface area contributed by atoms with Gasteiger partial charge in [-0.1, -0.05) is 79.1 Å². The number of ketones is 2. The summed E-state index contributed by atoms with van der Waals surface area (Å²) in [6, 6.07) is 0. The molecule has 2 atom stereocenters. The lowest BCUT2D eigenvalue weighted by Crippen LogP contribution is -2.20. The Bertz CT molecular complexity index is 1230. The van der Waals surface area contributed by atoms with Gasteiger partial charge in [-0.3, -0.25) is 9.59 Å². The Morgan fingerprint density at radius 2 is 1.23 bits per heavy atom. The molecule has 1 aliphatic rings. The monoisotopic (exact) mass is 656 g/mol. The first-order chi connectivity index (χ1) is 16.9. The van der Waals surface area contributed by atoms with Gasteiger partial charge < -0.3 is 0 Å². The van der Waals surface area contributed by atoms with Gasteiger partial charge in [-0.25, -0.2) is 0 Å². The van der Waals surface area contributed by atoms with Crippen LogP contribution in [0.2, 0.25) is 0 Å². The van der Waals surface area contributed by atoms with Crippen molar-refractivity contribution < 1.29 is 9.59 Å². The van der Waals surface area contributed by atoms with Crippen molar-refractivity contribution in [3.8, 4) is 0 Å². The lowest BCUT2D eigenvalue weighted by molar-refractivity contribution is 0.0983. The zero-order valence-corrected chi connectivity index (χ0v) is 26.6. The predicted octanol–water partition coefficient (Wildman–Crippen LogP) is 10.8. The minimum absolute atomic E-state index is 0.0660. The highest BCUT2D eigenvalue weighted by atomic mass is 79.9. The summed E-state index contributed by atoms with van der Waals surface area (Å²) in [4.78, 5) is 31.1. The zero-order chi connectivity index (χ0) is 25.3. The number of rotatable bonds is 12. The molecule has 7 heteroatoms. The van der Waals surface area contributed by atoms with E-state index in [1.54, 1.807) is 22.7 Å². The van der Waals surface area contributed by atoms with Gasteiger partial charge in [0.1, 0.15) is 0 Å². The normalized spacial score (nSPS) is 15.0. The molecule has 0 radical (unpaired) electrons. The van der Waals surface area contributed by atoms with Crippen molar-refractivity contribution in [1.82, 2.24) is 0 Å². The molecule has 3 heterocycles. The van der Waals surface area contributed by atoms with Crippen LogP contribution in [0.3, 0.4) is 0 Å². The molecule has 2 unspecified atom stereocenters. The van der Waals surface area contributed by atoms with E-state index in [0.717, 1.165) is 64.2 Å². The van der Waals surface area contributed by atoms with E-state index in [1.807, 2.05) is 0 Å². The lowest BCUT2D eigenvalue weighted by atomic mass is 9.84. The van der Waals surface area contributed by atoms with E-state index < -0.39 is 0 Å². The molecule has 0 bridgehead atoms. The quantitative estimate of drug-likeness (QED) is 0.152. The molecule has 0 fully saturated rings. The van der Waals surface area contributed by atoms with Gasteiger partial charge in [-0.05, 0) is 56.5 Å². The molecule has 0 aromatic carbocycles. The topological polar surface area (TPSA) is 34.1 Å². The Hall–Kier alpha value is -0.340. The van der Waals surface area contributed by atoms with E-state index in [-0.39, 0.29) is 11.6 Å². The molecule has 3 aromatic rings. The highest BCUT2D eigenvalue weighted by molar-refractivity contribution is 9.12. The summed E-state index contributed by atoms with van der Waals surface area (Å²) in [6.45, 7) is 8.99. The molecule has 0 saturated heterocycles. The van der Waals surface area contributed by atoms with Crippen molar-refractivity contribution in [3.05, 3.63) is 38.9 Å². The first-order valence-corrected chi connectivity index (χ1v) is 17.0. The summed E-state index contributed by atoms with van der Waals surface area (Å²) in [5.41, 5.74) is 2.10. The van der Waals surface area contributed by atoms with Gasteiger partial charge in [0.2, 0.25) is 5.78 Å². The van der Waals surface area contributed by atoms with E-state index in [4.69, 9.17) is 0 Å². The summed E-state index contributed by atoms with van der Waals surface area (Å²) in [6.07, 6.45) is 11.2. The number of carbonyl (C=O) groups excluding carboxylic acids is 2. The smallest absolute Gasteiger partial charge is 0.205 e. The third-order valence-corrected chi connectivity index (χ3v) is 12.8. The summed E-state index contributed by atoms with van der Waals surface area (Å²) in [7, 11) is 0. The van der Waals surface area contributed by atoms with Crippen LogP contribution in [0.15, 0.2) is 7.57 Å². The van der Waals surface area contributed by atoms with Crippen LogP contribution in [-0.2, 0) is 12.8 Å². The first-order valence-electron chi connectivity index (χ1n) is 13.0. The highest BCUT2D eigenvalue weighted by Gasteiger charge is 2.40. The molecular formula is C28H34Br2O2S3. The zero-order valence-electron chi connectivity index (χ0n) is 21.0. The van der Waals surface area contributed by atoms with Crippen LogP contribution in [0.25, 0.3) is 10.1 Å². The number of hydrogen-bond acceptors (Lipinski definition) is 5. The van der Waals surface area contributed by atoms with Crippen molar-refractivity contribution >= 4 is 87.5 Å². The Balaban J connectivity index is 1.83. The van der Waals surface area contributed by atoms with Crippen LogP contribution in [0.4, 0.5) is 0 Å². The second-order valence-corrected chi connectivity index (χ2v) is 15.6. The Morgan fingerprint density at radius 3 is 1.74 bits per heavy atom. The van der Waals surface area contributed by atoms with Gasteiger partial charge >= 0.3 is 0 Å². The maximum absolute atomic E-state index is 14.2. The Morgan fingerprint density at radius 1 is 0.686 bits per heavy atom. The Labute approximate surface area is 238 Å². The summed E-state index contributed by atoms with van der Waals surface area (Å²) < 4.78 is 2.92. The van der Waals surface area contributed by atoms with Gasteiger partial charge in [0, 0.05) is 26.3 Å². The molecule has 35 heavy (non-hydrogen) atoms. The molecule has 4 rings (SSSR count). The number of fused-ring (bicyclic) bond motifs is 4. The lowest BCUT2D eigenvalue weighted by Gasteiger charge is -2.18. The largest absolute Gasteiger partial charge is 0.288 e. The molecule has 2 nitrogen and oxygen atoms in total. The number of thiophene rings is 3. The van der Waals surface area contributed by atoms with Crippen molar-refractivity contribution in [3.63, 3.8) is 0 Å². The van der Waals surface area contributed by atoms with E-state index in [9.17, 15) is 9.59 Å². The fourth-order valence-electron chi connectivity index (χ4n) is 5.26. The molecular weight excluding hydrogens is 624 g/mol. The molecule has 1 aliphatic carbocycles. The molecule has 0 amide bonds. The maximum Gasteiger partial charge on any atom is 0.205 e. The van der Waals surface area contributed by atoms with Gasteiger partial charge in [0.15, 0.2) is 5.78 Å². The first kappa shape index (κ1) is 27.7. The molecule has 0 aliphatic heterocycles.